The third kappa shape index (κ3) is 2.41. The topological polar surface area (TPSA) is 55.0 Å². The highest BCUT2D eigenvalue weighted by Gasteiger charge is 2.22. The average Bonchev–Trinajstić information content (AvgIpc) is 2.58. The van der Waals surface area contributed by atoms with E-state index < -0.39 is 0 Å². The monoisotopic (exact) mass is 368 g/mol. The molecular formula is C18H13BrN2O2. The van der Waals surface area contributed by atoms with Crippen molar-refractivity contribution in [1.29, 1.82) is 5.26 Å². The van der Waals surface area contributed by atoms with Gasteiger partial charge in [0.15, 0.2) is 0 Å². The summed E-state index contributed by atoms with van der Waals surface area (Å²) in [5, 5.41) is 9.58. The fourth-order valence-corrected chi connectivity index (χ4v) is 3.19. The average molecular weight is 369 g/mol. The van der Waals surface area contributed by atoms with E-state index in [1.807, 2.05) is 30.3 Å². The maximum absolute atomic E-state index is 12.6. The summed E-state index contributed by atoms with van der Waals surface area (Å²) in [6.07, 6.45) is 1.69. The van der Waals surface area contributed by atoms with Crippen molar-refractivity contribution in [2.24, 2.45) is 7.05 Å². The molecule has 0 fully saturated rings. The zero-order valence-electron chi connectivity index (χ0n) is 12.6. The minimum atomic E-state index is -0.156. The van der Waals surface area contributed by atoms with Crippen LogP contribution in [0.3, 0.4) is 0 Å². The van der Waals surface area contributed by atoms with Crippen LogP contribution in [0.4, 0.5) is 0 Å². The quantitative estimate of drug-likeness (QED) is 0.691. The van der Waals surface area contributed by atoms with E-state index in [-0.39, 0.29) is 5.43 Å². The van der Waals surface area contributed by atoms with Crippen molar-refractivity contribution in [3.05, 3.63) is 63.0 Å². The molecule has 0 aromatic heterocycles. The van der Waals surface area contributed by atoms with Gasteiger partial charge < -0.3 is 9.30 Å². The Hall–Kier alpha value is -2.58. The van der Waals surface area contributed by atoms with Gasteiger partial charge in [0.1, 0.15) is 22.0 Å². The summed E-state index contributed by atoms with van der Waals surface area (Å²) in [5.74, 6) is 0.456. The molecule has 0 amide bonds. The third-order valence-corrected chi connectivity index (χ3v) is 4.55. The normalized spacial score (nSPS) is 10.5. The smallest absolute Gasteiger partial charge is 0.205 e. The van der Waals surface area contributed by atoms with Crippen LogP contribution in [-0.4, -0.2) is 11.7 Å². The number of methoxy groups -OCH3 is 1. The van der Waals surface area contributed by atoms with E-state index in [1.54, 1.807) is 23.9 Å². The Kier molecular flexibility index (Phi) is 3.93. The number of aryl methyl sites for hydroxylation is 1. The van der Waals surface area contributed by atoms with Crippen molar-refractivity contribution in [3.63, 3.8) is 0 Å². The third-order valence-electron chi connectivity index (χ3n) is 3.80. The Morgan fingerprint density at radius 1 is 1.22 bits per heavy atom. The van der Waals surface area contributed by atoms with Crippen molar-refractivity contribution in [1.82, 2.24) is 4.57 Å². The molecule has 2 aliphatic rings. The number of aromatic nitrogens is 1. The van der Waals surface area contributed by atoms with Crippen LogP contribution in [0.1, 0.15) is 5.69 Å². The van der Waals surface area contributed by atoms with Crippen LogP contribution >= 0.6 is 15.9 Å². The van der Waals surface area contributed by atoms with E-state index in [0.29, 0.717) is 27.0 Å². The van der Waals surface area contributed by atoms with Crippen LogP contribution in [0.5, 0.6) is 5.75 Å². The molecule has 0 atom stereocenters. The van der Waals surface area contributed by atoms with Crippen LogP contribution < -0.4 is 10.2 Å². The number of pyridine rings is 1. The van der Waals surface area contributed by atoms with Gasteiger partial charge in [-0.1, -0.05) is 30.3 Å². The number of ether oxygens (including phenoxy) is 1. The van der Waals surface area contributed by atoms with Crippen LogP contribution in [0, 0.1) is 11.3 Å². The van der Waals surface area contributed by atoms with E-state index in [0.717, 1.165) is 11.1 Å². The maximum atomic E-state index is 12.6. The first-order valence-electron chi connectivity index (χ1n) is 6.93. The van der Waals surface area contributed by atoms with E-state index in [2.05, 4.69) is 22.0 Å². The Bertz CT molecular complexity index is 956. The van der Waals surface area contributed by atoms with Gasteiger partial charge >= 0.3 is 0 Å². The molecule has 0 unspecified atom stereocenters. The lowest BCUT2D eigenvalue weighted by Gasteiger charge is -2.18. The van der Waals surface area contributed by atoms with Crippen LogP contribution in [-0.2, 0) is 7.05 Å². The largest absolute Gasteiger partial charge is 0.495 e. The second-order valence-corrected chi connectivity index (χ2v) is 5.92. The number of benzene rings is 2. The molecule has 5 heteroatoms. The molecule has 0 bridgehead atoms. The van der Waals surface area contributed by atoms with E-state index in [4.69, 9.17) is 4.74 Å². The zero-order valence-corrected chi connectivity index (χ0v) is 14.2. The molecule has 0 radical (unpaired) electrons. The number of halogens is 1. The summed E-state index contributed by atoms with van der Waals surface area (Å²) in [4.78, 5) is 12.6. The van der Waals surface area contributed by atoms with Crippen molar-refractivity contribution in [3.8, 4) is 34.1 Å². The number of hydrogen-bond acceptors (Lipinski definition) is 3. The molecule has 23 heavy (non-hydrogen) atoms. The van der Waals surface area contributed by atoms with E-state index >= 15 is 0 Å². The predicted octanol–water partition coefficient (Wildman–Crippen LogP) is 3.80. The molecule has 1 aliphatic heterocycles. The molecule has 3 rings (SSSR count). The molecule has 1 heterocycles. The van der Waals surface area contributed by atoms with Gasteiger partial charge in [0, 0.05) is 29.9 Å². The van der Waals surface area contributed by atoms with Gasteiger partial charge in [0.2, 0.25) is 5.43 Å². The molecule has 0 saturated carbocycles. The van der Waals surface area contributed by atoms with Gasteiger partial charge in [-0.15, -0.1) is 0 Å². The van der Waals surface area contributed by atoms with Crippen molar-refractivity contribution in [2.75, 3.05) is 7.11 Å². The summed E-state index contributed by atoms with van der Waals surface area (Å²) in [7, 11) is 3.28. The summed E-state index contributed by atoms with van der Waals surface area (Å²) in [5.41, 5.74) is 3.20. The molecule has 0 saturated heterocycles. The first-order valence-corrected chi connectivity index (χ1v) is 7.73. The van der Waals surface area contributed by atoms with Gasteiger partial charge in [0.25, 0.3) is 0 Å². The minimum Gasteiger partial charge on any atom is -0.495 e. The number of hydrogen-bond donors (Lipinski definition) is 0. The Morgan fingerprint density at radius 2 is 1.91 bits per heavy atom. The molecule has 1 aromatic carbocycles. The SMILES string of the molecule is COc1cc2c(-c3ccccc3)c(C#N)n(C)cc-2c(=O)c1Br. The lowest BCUT2D eigenvalue weighted by molar-refractivity contribution is 0.412. The van der Waals surface area contributed by atoms with Crippen LogP contribution in [0.2, 0.25) is 0 Å². The fraction of sp³-hybridized carbons (Fsp3) is 0.111. The first kappa shape index (κ1) is 15.3. The van der Waals surface area contributed by atoms with E-state index in [9.17, 15) is 10.1 Å². The molecular weight excluding hydrogens is 356 g/mol. The second kappa shape index (κ2) is 5.90. The first-order chi connectivity index (χ1) is 11.1. The summed E-state index contributed by atoms with van der Waals surface area (Å²) in [6.45, 7) is 0. The Labute approximate surface area is 142 Å². The van der Waals surface area contributed by atoms with Crippen molar-refractivity contribution in [2.45, 2.75) is 0 Å². The zero-order chi connectivity index (χ0) is 16.6. The number of nitrogens with zero attached hydrogens (tertiary/aromatic N) is 2. The lowest BCUT2D eigenvalue weighted by Crippen LogP contribution is -2.14. The van der Waals surface area contributed by atoms with E-state index in [1.165, 1.54) is 7.11 Å². The van der Waals surface area contributed by atoms with Gasteiger partial charge in [-0.05, 0) is 27.6 Å². The summed E-state index contributed by atoms with van der Waals surface area (Å²) >= 11 is 3.29. The summed E-state index contributed by atoms with van der Waals surface area (Å²) < 4.78 is 7.36. The highest BCUT2D eigenvalue weighted by atomic mass is 79.9. The molecule has 114 valence electrons. The molecule has 1 aromatic rings. The second-order valence-electron chi connectivity index (χ2n) is 5.12. The Morgan fingerprint density at radius 3 is 2.52 bits per heavy atom. The fourth-order valence-electron chi connectivity index (χ4n) is 2.70. The highest BCUT2D eigenvalue weighted by molar-refractivity contribution is 9.10. The Balaban J connectivity index is 2.53. The van der Waals surface area contributed by atoms with Crippen molar-refractivity contribution >= 4 is 15.9 Å². The van der Waals surface area contributed by atoms with Crippen LogP contribution in [0.15, 0.2) is 51.9 Å². The van der Waals surface area contributed by atoms with Gasteiger partial charge in [-0.2, -0.15) is 5.26 Å². The van der Waals surface area contributed by atoms with Gasteiger partial charge in [-0.3, -0.25) is 4.79 Å². The van der Waals surface area contributed by atoms with Gasteiger partial charge in [0.05, 0.1) is 7.11 Å². The maximum Gasteiger partial charge on any atom is 0.205 e. The standard InChI is InChI=1S/C18H13BrN2O2/c1-21-10-13-12(8-15(23-2)17(19)18(13)22)16(14(21)9-20)11-6-4-3-5-7-11/h3-8,10H,1-2H3. The molecule has 0 N–H and O–H groups in total. The molecule has 0 spiro atoms. The molecule has 1 aliphatic carbocycles. The van der Waals surface area contributed by atoms with Crippen molar-refractivity contribution < 1.29 is 4.74 Å². The predicted molar refractivity (Wildman–Crippen MR) is 92.7 cm³/mol. The highest BCUT2D eigenvalue weighted by Crippen LogP contribution is 2.38. The van der Waals surface area contributed by atoms with Gasteiger partial charge in [-0.25, -0.2) is 0 Å². The molecule has 4 nitrogen and oxygen atoms in total. The summed E-state index contributed by atoms with van der Waals surface area (Å²) in [6, 6.07) is 13.6. The van der Waals surface area contributed by atoms with Crippen LogP contribution in [0.25, 0.3) is 22.3 Å². The lowest BCUT2D eigenvalue weighted by atomic mass is 9.92. The number of nitriles is 1. The number of rotatable bonds is 2. The number of fused-ring (bicyclic) bond motifs is 1. The minimum absolute atomic E-state index is 0.156.